The molecule has 0 spiro atoms. The van der Waals surface area contributed by atoms with Crippen molar-refractivity contribution in [2.75, 3.05) is 12.4 Å². The highest BCUT2D eigenvalue weighted by Crippen LogP contribution is 2.23. The van der Waals surface area contributed by atoms with E-state index in [0.717, 1.165) is 22.7 Å². The molecule has 0 saturated heterocycles. The fraction of sp³-hybridized carbons (Fsp3) is 0.0833. The van der Waals surface area contributed by atoms with Crippen molar-refractivity contribution < 1.29 is 0 Å². The molecule has 0 unspecified atom stereocenters. The van der Waals surface area contributed by atoms with E-state index in [9.17, 15) is 0 Å². The van der Waals surface area contributed by atoms with Gasteiger partial charge in [0, 0.05) is 19.4 Å². The molecule has 18 heavy (non-hydrogen) atoms. The Bertz CT molecular complexity index is 707. The Labute approximate surface area is 108 Å². The molecule has 0 aliphatic carbocycles. The second-order valence-electron chi connectivity index (χ2n) is 3.74. The fourth-order valence-electron chi connectivity index (χ4n) is 1.81. The number of rotatable bonds is 2. The Morgan fingerprint density at radius 2 is 2.17 bits per heavy atom. The normalized spacial score (nSPS) is 10.8. The summed E-state index contributed by atoms with van der Waals surface area (Å²) in [4.78, 5) is 12.9. The maximum atomic E-state index is 5.93. The smallest absolute Gasteiger partial charge is 0.165 e. The molecule has 3 aromatic heterocycles. The molecule has 0 aromatic carbocycles. The van der Waals surface area contributed by atoms with Crippen molar-refractivity contribution in [3.63, 3.8) is 0 Å². The topological polar surface area (TPSA) is 55.6 Å². The maximum absolute atomic E-state index is 5.93. The first kappa shape index (κ1) is 11.0. The minimum absolute atomic E-state index is 0.584. The van der Waals surface area contributed by atoms with Gasteiger partial charge in [-0.3, -0.25) is 4.57 Å². The van der Waals surface area contributed by atoms with Crippen LogP contribution in [-0.4, -0.2) is 26.6 Å². The number of fused-ring (bicyclic) bond motifs is 1. The summed E-state index contributed by atoms with van der Waals surface area (Å²) in [5, 5.41) is 3.65. The molecule has 90 valence electrons. The van der Waals surface area contributed by atoms with E-state index in [2.05, 4.69) is 20.3 Å². The summed E-state index contributed by atoms with van der Waals surface area (Å²) in [7, 11) is 1.82. The van der Waals surface area contributed by atoms with Gasteiger partial charge in [-0.05, 0) is 18.2 Å². The van der Waals surface area contributed by atoms with E-state index in [1.807, 2.05) is 29.8 Å². The highest BCUT2D eigenvalue weighted by molar-refractivity contribution is 6.30. The van der Waals surface area contributed by atoms with Crippen LogP contribution in [0.1, 0.15) is 0 Å². The molecule has 0 aliphatic rings. The van der Waals surface area contributed by atoms with Crippen molar-refractivity contribution in [3.8, 4) is 5.82 Å². The minimum atomic E-state index is 0.584. The number of anilines is 1. The van der Waals surface area contributed by atoms with Crippen LogP contribution in [0, 0.1) is 0 Å². The minimum Gasteiger partial charge on any atom is -0.385 e. The van der Waals surface area contributed by atoms with E-state index in [-0.39, 0.29) is 0 Å². The van der Waals surface area contributed by atoms with E-state index in [0.29, 0.717) is 5.02 Å². The second kappa shape index (κ2) is 4.27. The molecule has 0 amide bonds. The summed E-state index contributed by atoms with van der Waals surface area (Å²) >= 11 is 5.93. The first-order valence-electron chi connectivity index (χ1n) is 5.41. The average Bonchev–Trinajstić information content (AvgIpc) is 2.82. The molecule has 3 aromatic rings. The average molecular weight is 260 g/mol. The Morgan fingerprint density at radius 1 is 1.28 bits per heavy atom. The van der Waals surface area contributed by atoms with Crippen LogP contribution in [0.25, 0.3) is 17.0 Å². The highest BCUT2D eigenvalue weighted by Gasteiger charge is 2.10. The summed E-state index contributed by atoms with van der Waals surface area (Å²) < 4.78 is 1.83. The molecular formula is C12H10ClN5. The third kappa shape index (κ3) is 1.69. The molecular weight excluding hydrogens is 250 g/mol. The van der Waals surface area contributed by atoms with Gasteiger partial charge in [0.25, 0.3) is 0 Å². The lowest BCUT2D eigenvalue weighted by Crippen LogP contribution is -2.02. The number of hydrogen-bond donors (Lipinski definition) is 1. The number of aromatic nitrogens is 4. The van der Waals surface area contributed by atoms with Crippen LogP contribution in [0.2, 0.25) is 5.02 Å². The molecule has 6 heteroatoms. The van der Waals surface area contributed by atoms with Gasteiger partial charge < -0.3 is 5.32 Å². The van der Waals surface area contributed by atoms with Crippen molar-refractivity contribution in [1.82, 2.24) is 19.5 Å². The van der Waals surface area contributed by atoms with Crippen LogP contribution in [0.15, 0.2) is 36.9 Å². The zero-order chi connectivity index (χ0) is 12.5. The summed E-state index contributed by atoms with van der Waals surface area (Å²) in [5.41, 5.74) is 2.42. The van der Waals surface area contributed by atoms with Gasteiger partial charge in [-0.15, -0.1) is 0 Å². The highest BCUT2D eigenvalue weighted by atomic mass is 35.5. The summed E-state index contributed by atoms with van der Waals surface area (Å²) in [6.45, 7) is 0. The van der Waals surface area contributed by atoms with Crippen LogP contribution in [0.4, 0.5) is 5.69 Å². The van der Waals surface area contributed by atoms with E-state index < -0.39 is 0 Å². The van der Waals surface area contributed by atoms with E-state index >= 15 is 0 Å². The molecule has 0 aliphatic heterocycles. The lowest BCUT2D eigenvalue weighted by molar-refractivity contribution is 1.01. The molecule has 3 heterocycles. The number of halogens is 1. The van der Waals surface area contributed by atoms with E-state index in [4.69, 9.17) is 11.6 Å². The molecule has 1 N–H and O–H groups in total. The number of nitrogens with zero attached hydrogens (tertiary/aromatic N) is 4. The SMILES string of the molecule is CNc1cc(Cl)cnc1-n1cnc2cccnc21. The van der Waals surface area contributed by atoms with Gasteiger partial charge in [-0.25, -0.2) is 15.0 Å². The number of nitrogens with one attached hydrogen (secondary N) is 1. The molecule has 0 saturated carbocycles. The second-order valence-corrected chi connectivity index (χ2v) is 4.17. The molecule has 0 bridgehead atoms. The van der Waals surface area contributed by atoms with Crippen LogP contribution < -0.4 is 5.32 Å². The summed E-state index contributed by atoms with van der Waals surface area (Å²) in [6, 6.07) is 5.58. The Morgan fingerprint density at radius 3 is 3.00 bits per heavy atom. The van der Waals surface area contributed by atoms with Crippen molar-refractivity contribution in [1.29, 1.82) is 0 Å². The van der Waals surface area contributed by atoms with Crippen LogP contribution >= 0.6 is 11.6 Å². The molecule has 0 fully saturated rings. The largest absolute Gasteiger partial charge is 0.385 e. The van der Waals surface area contributed by atoms with Crippen LogP contribution in [0.5, 0.6) is 0 Å². The van der Waals surface area contributed by atoms with Gasteiger partial charge in [-0.2, -0.15) is 0 Å². The Balaban J connectivity index is 2.26. The van der Waals surface area contributed by atoms with Crippen molar-refractivity contribution in [2.24, 2.45) is 0 Å². The third-order valence-electron chi connectivity index (χ3n) is 2.64. The predicted octanol–water partition coefficient (Wildman–Crippen LogP) is 2.51. The zero-order valence-corrected chi connectivity index (χ0v) is 10.4. The quantitative estimate of drug-likeness (QED) is 0.768. The summed E-state index contributed by atoms with van der Waals surface area (Å²) in [6.07, 6.45) is 5.04. The molecule has 5 nitrogen and oxygen atoms in total. The van der Waals surface area contributed by atoms with E-state index in [1.165, 1.54) is 0 Å². The Kier molecular flexibility index (Phi) is 2.60. The van der Waals surface area contributed by atoms with Gasteiger partial charge in [0.2, 0.25) is 0 Å². The van der Waals surface area contributed by atoms with Crippen molar-refractivity contribution in [3.05, 3.63) is 41.9 Å². The molecule has 0 radical (unpaired) electrons. The van der Waals surface area contributed by atoms with Gasteiger partial charge in [0.05, 0.1) is 10.7 Å². The van der Waals surface area contributed by atoms with Gasteiger partial charge in [0.15, 0.2) is 11.5 Å². The standard InChI is InChI=1S/C12H10ClN5/c1-14-10-5-8(13)6-16-12(10)18-7-17-9-3-2-4-15-11(9)18/h2-7,14H,1H3. The molecule has 3 rings (SSSR count). The predicted molar refractivity (Wildman–Crippen MR) is 71.2 cm³/mol. The Hall–Kier alpha value is -2.14. The third-order valence-corrected chi connectivity index (χ3v) is 2.84. The first-order valence-corrected chi connectivity index (χ1v) is 5.79. The number of hydrogen-bond acceptors (Lipinski definition) is 4. The number of imidazole rings is 1. The van der Waals surface area contributed by atoms with E-state index in [1.54, 1.807) is 18.7 Å². The fourth-order valence-corrected chi connectivity index (χ4v) is 1.97. The monoisotopic (exact) mass is 259 g/mol. The maximum Gasteiger partial charge on any atom is 0.165 e. The van der Waals surface area contributed by atoms with Crippen LogP contribution in [-0.2, 0) is 0 Å². The van der Waals surface area contributed by atoms with Gasteiger partial charge >= 0.3 is 0 Å². The summed E-state index contributed by atoms with van der Waals surface area (Å²) in [5.74, 6) is 0.725. The lowest BCUT2D eigenvalue weighted by atomic mass is 10.3. The van der Waals surface area contributed by atoms with Crippen LogP contribution in [0.3, 0.4) is 0 Å². The van der Waals surface area contributed by atoms with Gasteiger partial charge in [-0.1, -0.05) is 11.6 Å². The number of pyridine rings is 2. The van der Waals surface area contributed by atoms with Gasteiger partial charge in [0.1, 0.15) is 11.8 Å². The lowest BCUT2D eigenvalue weighted by Gasteiger charge is -2.09. The van der Waals surface area contributed by atoms with Crippen molar-refractivity contribution >= 4 is 28.5 Å². The van der Waals surface area contributed by atoms with Crippen molar-refractivity contribution in [2.45, 2.75) is 0 Å². The zero-order valence-electron chi connectivity index (χ0n) is 9.63. The first-order chi connectivity index (χ1) is 8.79. The molecule has 0 atom stereocenters.